The van der Waals surface area contributed by atoms with Crippen molar-refractivity contribution in [2.75, 3.05) is 39.3 Å². The Kier molecular flexibility index (Phi) is 7.61. The van der Waals surface area contributed by atoms with Gasteiger partial charge >= 0.3 is 0 Å². The molecule has 29 heavy (non-hydrogen) atoms. The molecule has 0 N–H and O–H groups in total. The molecule has 0 amide bonds. The number of hydrogen-bond donors (Lipinski definition) is 0. The summed E-state index contributed by atoms with van der Waals surface area (Å²) >= 11 is 0. The first-order chi connectivity index (χ1) is 14.4. The molecule has 0 aliphatic carbocycles. The van der Waals surface area contributed by atoms with Crippen LogP contribution in [-0.2, 0) is 6.54 Å². The second-order valence-electron chi connectivity index (χ2n) is 8.66. The van der Waals surface area contributed by atoms with Gasteiger partial charge in [-0.2, -0.15) is 0 Å². The Morgan fingerprint density at radius 3 is 1.79 bits per heavy atom. The van der Waals surface area contributed by atoms with Crippen LogP contribution in [0.5, 0.6) is 5.75 Å². The third-order valence-corrected chi connectivity index (χ3v) is 6.33. The Labute approximate surface area is 176 Å². The van der Waals surface area contributed by atoms with E-state index in [2.05, 4.69) is 58.3 Å². The zero-order chi connectivity index (χ0) is 19.7. The molecule has 0 aromatic heterocycles. The third kappa shape index (κ3) is 6.32. The summed E-state index contributed by atoms with van der Waals surface area (Å²) in [5.74, 6) is 0.981. The standard InChI is InChI=1S/C26H36N2O/c1-3-16-27(17-4-1)20-7-21-29-26-14-12-25(13-15-26)24-10-8-23(9-11-24)22-28-18-5-2-6-19-28/h8-15H,1-7,16-22H2. The predicted molar refractivity (Wildman–Crippen MR) is 121 cm³/mol. The lowest BCUT2D eigenvalue weighted by molar-refractivity contribution is 0.205. The second kappa shape index (κ2) is 10.8. The van der Waals surface area contributed by atoms with E-state index in [9.17, 15) is 0 Å². The lowest BCUT2D eigenvalue weighted by atomic mass is 10.0. The van der Waals surface area contributed by atoms with Crippen LogP contribution in [0.1, 0.15) is 50.5 Å². The quantitative estimate of drug-likeness (QED) is 0.544. The highest BCUT2D eigenvalue weighted by molar-refractivity contribution is 5.64. The summed E-state index contributed by atoms with van der Waals surface area (Å²) in [5.41, 5.74) is 3.96. The number of ether oxygens (including phenoxy) is 1. The summed E-state index contributed by atoms with van der Waals surface area (Å²) in [7, 11) is 0. The van der Waals surface area contributed by atoms with Gasteiger partial charge in [-0.25, -0.2) is 0 Å². The van der Waals surface area contributed by atoms with E-state index in [0.717, 1.165) is 25.3 Å². The van der Waals surface area contributed by atoms with Gasteiger partial charge in [0.2, 0.25) is 0 Å². The van der Waals surface area contributed by atoms with E-state index < -0.39 is 0 Å². The highest BCUT2D eigenvalue weighted by atomic mass is 16.5. The van der Waals surface area contributed by atoms with Crippen LogP contribution in [0.25, 0.3) is 11.1 Å². The van der Waals surface area contributed by atoms with E-state index >= 15 is 0 Å². The molecule has 2 aliphatic heterocycles. The Morgan fingerprint density at radius 2 is 1.17 bits per heavy atom. The molecule has 2 aromatic carbocycles. The number of nitrogens with zero attached hydrogens (tertiary/aromatic N) is 2. The molecule has 0 spiro atoms. The van der Waals surface area contributed by atoms with Gasteiger partial charge in [0, 0.05) is 13.1 Å². The van der Waals surface area contributed by atoms with Crippen LogP contribution < -0.4 is 4.74 Å². The first-order valence-electron chi connectivity index (χ1n) is 11.6. The molecule has 0 atom stereocenters. The van der Waals surface area contributed by atoms with Crippen molar-refractivity contribution in [3.63, 3.8) is 0 Å². The summed E-state index contributed by atoms with van der Waals surface area (Å²) < 4.78 is 5.96. The molecule has 0 saturated carbocycles. The molecule has 2 fully saturated rings. The summed E-state index contributed by atoms with van der Waals surface area (Å²) in [6, 6.07) is 17.7. The first kappa shape index (κ1) is 20.4. The number of piperidine rings is 2. The van der Waals surface area contributed by atoms with Crippen molar-refractivity contribution in [2.24, 2.45) is 0 Å². The van der Waals surface area contributed by atoms with Gasteiger partial charge < -0.3 is 9.64 Å². The molecular formula is C26H36N2O. The zero-order valence-electron chi connectivity index (χ0n) is 17.8. The zero-order valence-corrected chi connectivity index (χ0v) is 17.8. The smallest absolute Gasteiger partial charge is 0.119 e. The SMILES string of the molecule is c1cc(-c2ccc(OCCCN3CCCCC3)cc2)ccc1CN1CCCCC1. The summed E-state index contributed by atoms with van der Waals surface area (Å²) in [6.45, 7) is 8.10. The topological polar surface area (TPSA) is 15.7 Å². The van der Waals surface area contributed by atoms with Gasteiger partial charge in [0.1, 0.15) is 5.75 Å². The average molecular weight is 393 g/mol. The van der Waals surface area contributed by atoms with Gasteiger partial charge in [0.15, 0.2) is 0 Å². The Bertz CT molecular complexity index is 713. The number of benzene rings is 2. The normalized spacial score (nSPS) is 18.6. The molecule has 2 heterocycles. The van der Waals surface area contributed by atoms with Gasteiger partial charge in [0.25, 0.3) is 0 Å². The molecule has 0 radical (unpaired) electrons. The lowest BCUT2D eigenvalue weighted by Gasteiger charge is -2.26. The molecule has 156 valence electrons. The molecular weight excluding hydrogens is 356 g/mol. The molecule has 2 aliphatic rings. The van der Waals surface area contributed by atoms with Crippen LogP contribution in [0.2, 0.25) is 0 Å². The highest BCUT2D eigenvalue weighted by Crippen LogP contribution is 2.24. The Morgan fingerprint density at radius 1 is 0.621 bits per heavy atom. The number of likely N-dealkylation sites (tertiary alicyclic amines) is 2. The Balaban J connectivity index is 1.22. The third-order valence-electron chi connectivity index (χ3n) is 6.33. The maximum absolute atomic E-state index is 5.96. The van der Waals surface area contributed by atoms with Crippen LogP contribution in [0, 0.1) is 0 Å². The van der Waals surface area contributed by atoms with Crippen LogP contribution in [0.15, 0.2) is 48.5 Å². The van der Waals surface area contributed by atoms with Gasteiger partial charge in [-0.15, -0.1) is 0 Å². The van der Waals surface area contributed by atoms with Gasteiger partial charge in [-0.05, 0) is 87.1 Å². The van der Waals surface area contributed by atoms with Gasteiger partial charge in [-0.3, -0.25) is 4.90 Å². The van der Waals surface area contributed by atoms with Crippen molar-refractivity contribution in [3.05, 3.63) is 54.1 Å². The van der Waals surface area contributed by atoms with Crippen LogP contribution in [0.3, 0.4) is 0 Å². The molecule has 2 aromatic rings. The van der Waals surface area contributed by atoms with E-state index in [1.807, 2.05) is 0 Å². The van der Waals surface area contributed by atoms with Crippen molar-refractivity contribution < 1.29 is 4.74 Å². The maximum Gasteiger partial charge on any atom is 0.119 e. The molecule has 3 nitrogen and oxygen atoms in total. The van der Waals surface area contributed by atoms with Gasteiger partial charge in [-0.1, -0.05) is 49.2 Å². The maximum atomic E-state index is 5.96. The highest BCUT2D eigenvalue weighted by Gasteiger charge is 2.11. The fraction of sp³-hybridized carbons (Fsp3) is 0.538. The second-order valence-corrected chi connectivity index (χ2v) is 8.66. The predicted octanol–water partition coefficient (Wildman–Crippen LogP) is 5.59. The minimum absolute atomic E-state index is 0.807. The average Bonchev–Trinajstić information content (AvgIpc) is 2.79. The van der Waals surface area contributed by atoms with E-state index in [1.54, 1.807) is 0 Å². The van der Waals surface area contributed by atoms with Crippen LogP contribution in [-0.4, -0.2) is 49.1 Å². The van der Waals surface area contributed by atoms with Crippen molar-refractivity contribution in [1.82, 2.24) is 9.80 Å². The minimum atomic E-state index is 0.807. The van der Waals surface area contributed by atoms with Crippen LogP contribution in [0.4, 0.5) is 0 Å². The lowest BCUT2D eigenvalue weighted by Crippen LogP contribution is -2.31. The number of rotatable bonds is 8. The van der Waals surface area contributed by atoms with Crippen molar-refractivity contribution in [3.8, 4) is 16.9 Å². The fourth-order valence-corrected chi connectivity index (χ4v) is 4.58. The fourth-order valence-electron chi connectivity index (χ4n) is 4.58. The van der Waals surface area contributed by atoms with E-state index in [0.29, 0.717) is 0 Å². The molecule has 0 bridgehead atoms. The van der Waals surface area contributed by atoms with E-state index in [1.165, 1.54) is 87.9 Å². The van der Waals surface area contributed by atoms with Crippen molar-refractivity contribution >= 4 is 0 Å². The van der Waals surface area contributed by atoms with Crippen molar-refractivity contribution in [1.29, 1.82) is 0 Å². The summed E-state index contributed by atoms with van der Waals surface area (Å²) in [4.78, 5) is 5.15. The van der Waals surface area contributed by atoms with E-state index in [-0.39, 0.29) is 0 Å². The minimum Gasteiger partial charge on any atom is -0.494 e. The van der Waals surface area contributed by atoms with E-state index in [4.69, 9.17) is 4.74 Å². The largest absolute Gasteiger partial charge is 0.494 e. The summed E-state index contributed by atoms with van der Waals surface area (Å²) in [5, 5.41) is 0. The molecule has 2 saturated heterocycles. The molecule has 4 rings (SSSR count). The summed E-state index contributed by atoms with van der Waals surface area (Å²) in [6.07, 6.45) is 9.34. The first-order valence-corrected chi connectivity index (χ1v) is 11.6. The molecule has 0 unspecified atom stereocenters. The van der Waals surface area contributed by atoms with Crippen LogP contribution >= 0.6 is 0 Å². The van der Waals surface area contributed by atoms with Gasteiger partial charge in [0.05, 0.1) is 6.61 Å². The van der Waals surface area contributed by atoms with Crippen molar-refractivity contribution in [2.45, 2.75) is 51.5 Å². The number of hydrogen-bond acceptors (Lipinski definition) is 3. The monoisotopic (exact) mass is 392 g/mol. The Hall–Kier alpha value is -1.84. The molecule has 3 heteroatoms.